The first-order valence-corrected chi connectivity index (χ1v) is 6.62. The molecule has 1 aromatic carbocycles. The van der Waals surface area contributed by atoms with Crippen molar-refractivity contribution in [2.24, 2.45) is 4.99 Å². The van der Waals surface area contributed by atoms with E-state index in [2.05, 4.69) is 10.3 Å². The number of amides is 1. The number of hydrogen-bond donors (Lipinski definition) is 2. The number of benzene rings is 1. The normalized spacial score (nSPS) is 23.3. The van der Waals surface area contributed by atoms with Crippen molar-refractivity contribution in [1.82, 2.24) is 10.2 Å². The summed E-state index contributed by atoms with van der Waals surface area (Å²) in [6.07, 6.45) is -0.627. The molecule has 2 aliphatic heterocycles. The molecule has 3 rings (SSSR count). The molecular weight excluding hydrogens is 274 g/mol. The van der Waals surface area contributed by atoms with E-state index in [1.54, 1.807) is 7.05 Å². The van der Waals surface area contributed by atoms with Crippen molar-refractivity contribution >= 4 is 17.7 Å². The minimum atomic E-state index is -1.10. The zero-order valence-corrected chi connectivity index (χ0v) is 11.4. The smallest absolute Gasteiger partial charge is 0.371 e. The zero-order chi connectivity index (χ0) is 15.0. The number of carboxylic acids is 1. The number of rotatable bonds is 3. The van der Waals surface area contributed by atoms with E-state index in [9.17, 15) is 9.59 Å². The molecule has 21 heavy (non-hydrogen) atoms. The van der Waals surface area contributed by atoms with Crippen LogP contribution in [0.1, 0.15) is 5.56 Å². The summed E-state index contributed by atoms with van der Waals surface area (Å²) in [5.74, 6) is -0.703. The Hall–Kier alpha value is -2.57. The molecule has 1 amide bonds. The molecule has 0 spiro atoms. The molecule has 0 aromatic heterocycles. The quantitative estimate of drug-likeness (QED) is 0.808. The van der Waals surface area contributed by atoms with E-state index in [-0.39, 0.29) is 11.7 Å². The van der Waals surface area contributed by atoms with E-state index in [0.29, 0.717) is 13.0 Å². The summed E-state index contributed by atoms with van der Waals surface area (Å²) in [4.78, 5) is 28.6. The second kappa shape index (κ2) is 5.08. The third-order valence-electron chi connectivity index (χ3n) is 3.53. The van der Waals surface area contributed by atoms with Gasteiger partial charge in [0.25, 0.3) is 5.91 Å². The maximum absolute atomic E-state index is 12.2. The second-order valence-corrected chi connectivity index (χ2v) is 5.08. The molecule has 0 saturated heterocycles. The van der Waals surface area contributed by atoms with Gasteiger partial charge in [-0.2, -0.15) is 0 Å². The number of amidine groups is 1. The Balaban J connectivity index is 1.63. The molecule has 0 aliphatic carbocycles. The van der Waals surface area contributed by atoms with Crippen molar-refractivity contribution in [3.63, 3.8) is 0 Å². The number of likely N-dealkylation sites (N-methyl/N-ethyl adjacent to an activating group) is 1. The summed E-state index contributed by atoms with van der Waals surface area (Å²) in [5.41, 5.74) is 0.996. The van der Waals surface area contributed by atoms with Gasteiger partial charge in [0.05, 0.1) is 6.54 Å². The molecule has 7 heteroatoms. The summed E-state index contributed by atoms with van der Waals surface area (Å²) >= 11 is 0. The number of aliphatic imine (C=N–C) groups is 1. The number of nitrogens with one attached hydrogen (secondary N) is 1. The Labute approximate surface area is 121 Å². The molecule has 110 valence electrons. The average molecular weight is 289 g/mol. The third-order valence-corrected chi connectivity index (χ3v) is 3.53. The van der Waals surface area contributed by atoms with Gasteiger partial charge in [0.15, 0.2) is 6.10 Å². The Morgan fingerprint density at radius 3 is 2.86 bits per heavy atom. The van der Waals surface area contributed by atoms with E-state index < -0.39 is 18.2 Å². The van der Waals surface area contributed by atoms with Gasteiger partial charge < -0.3 is 20.1 Å². The van der Waals surface area contributed by atoms with Gasteiger partial charge >= 0.3 is 5.97 Å². The topological polar surface area (TPSA) is 91.2 Å². The fourth-order valence-electron chi connectivity index (χ4n) is 2.51. The summed E-state index contributed by atoms with van der Waals surface area (Å²) < 4.78 is 5.59. The van der Waals surface area contributed by atoms with Crippen LogP contribution < -0.4 is 10.1 Å². The Morgan fingerprint density at radius 2 is 2.19 bits per heavy atom. The molecular formula is C14H15N3O4. The van der Waals surface area contributed by atoms with Gasteiger partial charge in [-0.05, 0) is 11.6 Å². The van der Waals surface area contributed by atoms with Crippen molar-refractivity contribution in [3.05, 3.63) is 29.8 Å². The van der Waals surface area contributed by atoms with E-state index in [0.717, 1.165) is 11.3 Å². The lowest BCUT2D eigenvalue weighted by molar-refractivity contribution is -0.130. The molecule has 2 unspecified atom stereocenters. The zero-order valence-electron chi connectivity index (χ0n) is 11.4. The van der Waals surface area contributed by atoms with E-state index in [1.165, 1.54) is 4.90 Å². The summed E-state index contributed by atoms with van der Waals surface area (Å²) in [5, 5.41) is 11.7. The number of ether oxygens (including phenoxy) is 1. The first kappa shape index (κ1) is 13.4. The molecule has 0 fully saturated rings. The molecule has 0 saturated carbocycles. The van der Waals surface area contributed by atoms with Gasteiger partial charge in [-0.1, -0.05) is 18.2 Å². The highest BCUT2D eigenvalue weighted by Crippen LogP contribution is 2.28. The van der Waals surface area contributed by atoms with E-state index in [1.807, 2.05) is 24.3 Å². The highest BCUT2D eigenvalue weighted by molar-refractivity contribution is 6.34. The Bertz CT molecular complexity index is 603. The van der Waals surface area contributed by atoms with Crippen molar-refractivity contribution in [2.45, 2.75) is 18.7 Å². The van der Waals surface area contributed by atoms with E-state index >= 15 is 0 Å². The van der Waals surface area contributed by atoms with Gasteiger partial charge in [0, 0.05) is 13.5 Å². The Morgan fingerprint density at radius 1 is 1.43 bits per heavy atom. The van der Waals surface area contributed by atoms with Crippen molar-refractivity contribution < 1.29 is 19.4 Å². The second-order valence-electron chi connectivity index (χ2n) is 5.08. The number of carbonyl (C=O) groups is 2. The standard InChI is InChI=1S/C14H15N3O4/c1-17-7-11(15-12(17)14(19)20)16-13(18)10-6-8-4-2-3-5-9(8)21-10/h2-5,10-11H,6-7H2,1H3,(H,16,18)(H,19,20). The van der Waals surface area contributed by atoms with Gasteiger partial charge in [-0.15, -0.1) is 0 Å². The van der Waals surface area contributed by atoms with Crippen LogP contribution in [0, 0.1) is 0 Å². The molecule has 0 radical (unpaired) electrons. The summed E-state index contributed by atoms with van der Waals surface area (Å²) in [6.45, 7) is 0.340. The molecule has 7 nitrogen and oxygen atoms in total. The SMILES string of the molecule is CN1CC(NC(=O)C2Cc3ccccc3O2)N=C1C(=O)O. The number of nitrogens with zero attached hydrogens (tertiary/aromatic N) is 2. The number of para-hydroxylation sites is 1. The van der Waals surface area contributed by atoms with Crippen LogP contribution >= 0.6 is 0 Å². The fourth-order valence-corrected chi connectivity index (χ4v) is 2.51. The molecule has 2 heterocycles. The molecule has 2 atom stereocenters. The van der Waals surface area contributed by atoms with Crippen LogP contribution in [-0.4, -0.2) is 53.6 Å². The third kappa shape index (κ3) is 2.54. The van der Waals surface area contributed by atoms with Gasteiger partial charge in [0.1, 0.15) is 11.9 Å². The van der Waals surface area contributed by atoms with Crippen molar-refractivity contribution in [3.8, 4) is 5.75 Å². The first-order valence-electron chi connectivity index (χ1n) is 6.62. The van der Waals surface area contributed by atoms with Gasteiger partial charge in [-0.25, -0.2) is 9.79 Å². The largest absolute Gasteiger partial charge is 0.480 e. The lowest BCUT2D eigenvalue weighted by Gasteiger charge is -2.15. The van der Waals surface area contributed by atoms with Crippen LogP contribution in [0.4, 0.5) is 0 Å². The fraction of sp³-hybridized carbons (Fsp3) is 0.357. The van der Waals surface area contributed by atoms with Crippen LogP contribution in [0.25, 0.3) is 0 Å². The summed E-state index contributed by atoms with van der Waals surface area (Å²) in [6, 6.07) is 7.51. The number of carbonyl (C=O) groups excluding carboxylic acids is 1. The monoisotopic (exact) mass is 289 g/mol. The molecule has 1 aromatic rings. The number of carboxylic acid groups (broad SMARTS) is 1. The number of aliphatic carboxylic acids is 1. The maximum Gasteiger partial charge on any atom is 0.371 e. The van der Waals surface area contributed by atoms with Crippen LogP contribution in [0.3, 0.4) is 0 Å². The molecule has 2 aliphatic rings. The van der Waals surface area contributed by atoms with Crippen LogP contribution in [0.2, 0.25) is 0 Å². The van der Waals surface area contributed by atoms with E-state index in [4.69, 9.17) is 9.84 Å². The molecule has 0 bridgehead atoms. The summed E-state index contributed by atoms with van der Waals surface area (Å²) in [7, 11) is 1.63. The minimum absolute atomic E-state index is 0.0454. The highest BCUT2D eigenvalue weighted by Gasteiger charge is 2.33. The predicted molar refractivity (Wildman–Crippen MR) is 74.2 cm³/mol. The Kier molecular flexibility index (Phi) is 3.25. The molecule has 2 N–H and O–H groups in total. The minimum Gasteiger partial charge on any atom is -0.480 e. The lowest BCUT2D eigenvalue weighted by atomic mass is 10.1. The number of hydrogen-bond acceptors (Lipinski definition) is 5. The lowest BCUT2D eigenvalue weighted by Crippen LogP contribution is -2.44. The van der Waals surface area contributed by atoms with Crippen LogP contribution in [0.15, 0.2) is 29.3 Å². The van der Waals surface area contributed by atoms with Gasteiger partial charge in [0.2, 0.25) is 5.84 Å². The average Bonchev–Trinajstić information content (AvgIpc) is 3.02. The number of fused-ring (bicyclic) bond motifs is 1. The highest BCUT2D eigenvalue weighted by atomic mass is 16.5. The van der Waals surface area contributed by atoms with Crippen molar-refractivity contribution in [2.75, 3.05) is 13.6 Å². The van der Waals surface area contributed by atoms with Gasteiger partial charge in [-0.3, -0.25) is 4.79 Å². The van der Waals surface area contributed by atoms with Crippen LogP contribution in [0.5, 0.6) is 5.75 Å². The predicted octanol–water partition coefficient (Wildman–Crippen LogP) is -0.139. The van der Waals surface area contributed by atoms with Crippen molar-refractivity contribution in [1.29, 1.82) is 0 Å². The van der Waals surface area contributed by atoms with Crippen LogP contribution in [-0.2, 0) is 16.0 Å². The first-order chi connectivity index (χ1) is 10.0. The maximum atomic E-state index is 12.2.